The SMILES string of the molecule is CCCc1nc(CCC)c(CCC)nc1CCC. The van der Waals surface area contributed by atoms with Crippen molar-refractivity contribution in [3.8, 4) is 0 Å². The van der Waals surface area contributed by atoms with Gasteiger partial charge in [0.15, 0.2) is 0 Å². The average Bonchev–Trinajstić information content (AvgIpc) is 2.35. The Hall–Kier alpha value is -0.920. The monoisotopic (exact) mass is 248 g/mol. The maximum atomic E-state index is 4.93. The summed E-state index contributed by atoms with van der Waals surface area (Å²) in [7, 11) is 0. The van der Waals surface area contributed by atoms with Crippen LogP contribution in [0.15, 0.2) is 0 Å². The Balaban J connectivity index is 3.11. The van der Waals surface area contributed by atoms with E-state index < -0.39 is 0 Å². The molecule has 102 valence electrons. The third-order valence-corrected chi connectivity index (χ3v) is 3.15. The van der Waals surface area contributed by atoms with Crippen LogP contribution in [0.3, 0.4) is 0 Å². The lowest BCUT2D eigenvalue weighted by molar-refractivity contribution is 0.727. The summed E-state index contributed by atoms with van der Waals surface area (Å²) in [5.74, 6) is 0. The fraction of sp³-hybridized carbons (Fsp3) is 0.750. The molecule has 0 bridgehead atoms. The summed E-state index contributed by atoms with van der Waals surface area (Å²) in [5.41, 5.74) is 5.01. The highest BCUT2D eigenvalue weighted by atomic mass is 14.8. The third kappa shape index (κ3) is 4.08. The molecule has 0 aliphatic heterocycles. The van der Waals surface area contributed by atoms with Crippen LogP contribution in [-0.2, 0) is 25.7 Å². The van der Waals surface area contributed by atoms with Crippen LogP contribution in [0.1, 0.15) is 76.2 Å². The van der Waals surface area contributed by atoms with Gasteiger partial charge in [-0.1, -0.05) is 53.4 Å². The van der Waals surface area contributed by atoms with Crippen molar-refractivity contribution in [1.82, 2.24) is 9.97 Å². The number of hydrogen-bond acceptors (Lipinski definition) is 2. The van der Waals surface area contributed by atoms with Crippen LogP contribution in [0.4, 0.5) is 0 Å². The number of hydrogen-bond donors (Lipinski definition) is 0. The van der Waals surface area contributed by atoms with Crippen molar-refractivity contribution >= 4 is 0 Å². The lowest BCUT2D eigenvalue weighted by Gasteiger charge is -2.13. The van der Waals surface area contributed by atoms with Crippen molar-refractivity contribution < 1.29 is 0 Å². The van der Waals surface area contributed by atoms with Crippen molar-refractivity contribution in [1.29, 1.82) is 0 Å². The van der Waals surface area contributed by atoms with Crippen LogP contribution in [0.5, 0.6) is 0 Å². The van der Waals surface area contributed by atoms with Gasteiger partial charge in [-0.05, 0) is 25.7 Å². The highest BCUT2D eigenvalue weighted by molar-refractivity contribution is 5.21. The maximum Gasteiger partial charge on any atom is 0.0622 e. The molecule has 0 saturated carbocycles. The fourth-order valence-corrected chi connectivity index (χ4v) is 2.33. The van der Waals surface area contributed by atoms with E-state index in [4.69, 9.17) is 9.97 Å². The first kappa shape index (κ1) is 15.1. The number of rotatable bonds is 8. The van der Waals surface area contributed by atoms with Crippen LogP contribution in [0.2, 0.25) is 0 Å². The minimum Gasteiger partial charge on any atom is -0.254 e. The van der Waals surface area contributed by atoms with Crippen LogP contribution in [0.25, 0.3) is 0 Å². The number of aryl methyl sites for hydroxylation is 4. The number of aromatic nitrogens is 2. The van der Waals surface area contributed by atoms with Crippen molar-refractivity contribution in [2.24, 2.45) is 0 Å². The predicted octanol–water partition coefficient (Wildman–Crippen LogP) is 4.29. The minimum absolute atomic E-state index is 1.07. The Morgan fingerprint density at radius 1 is 0.500 bits per heavy atom. The lowest BCUT2D eigenvalue weighted by Crippen LogP contribution is -2.10. The summed E-state index contributed by atoms with van der Waals surface area (Å²) < 4.78 is 0. The smallest absolute Gasteiger partial charge is 0.0622 e. The van der Waals surface area contributed by atoms with Crippen molar-refractivity contribution in [3.63, 3.8) is 0 Å². The Kier molecular flexibility index (Phi) is 6.92. The third-order valence-electron chi connectivity index (χ3n) is 3.15. The van der Waals surface area contributed by atoms with Crippen molar-refractivity contribution in [2.45, 2.75) is 79.1 Å². The van der Waals surface area contributed by atoms with E-state index >= 15 is 0 Å². The van der Waals surface area contributed by atoms with Gasteiger partial charge in [-0.25, -0.2) is 0 Å². The summed E-state index contributed by atoms with van der Waals surface area (Å²) in [6.07, 6.45) is 8.93. The standard InChI is InChI=1S/C16H28N2/c1-5-9-13-14(10-6-2)18-16(12-8-4)15(17-13)11-7-3/h5-12H2,1-4H3. The number of nitrogens with zero attached hydrogens (tertiary/aromatic N) is 2. The Morgan fingerprint density at radius 2 is 0.722 bits per heavy atom. The first-order valence-corrected chi connectivity index (χ1v) is 7.64. The van der Waals surface area contributed by atoms with Gasteiger partial charge in [0.1, 0.15) is 0 Å². The van der Waals surface area contributed by atoms with Gasteiger partial charge in [-0.2, -0.15) is 0 Å². The molecule has 0 saturated heterocycles. The van der Waals surface area contributed by atoms with Crippen LogP contribution >= 0.6 is 0 Å². The van der Waals surface area contributed by atoms with Crippen molar-refractivity contribution in [2.75, 3.05) is 0 Å². The first-order chi connectivity index (χ1) is 8.76. The fourth-order valence-electron chi connectivity index (χ4n) is 2.33. The molecule has 0 fully saturated rings. The Morgan fingerprint density at radius 3 is 0.889 bits per heavy atom. The molecule has 0 radical (unpaired) electrons. The quantitative estimate of drug-likeness (QED) is 0.686. The molecular formula is C16H28N2. The van der Waals surface area contributed by atoms with Crippen LogP contribution in [0, 0.1) is 0 Å². The second kappa shape index (κ2) is 8.23. The average molecular weight is 248 g/mol. The molecule has 2 heteroatoms. The van der Waals surface area contributed by atoms with Crippen LogP contribution in [-0.4, -0.2) is 9.97 Å². The van der Waals surface area contributed by atoms with E-state index in [1.54, 1.807) is 0 Å². The van der Waals surface area contributed by atoms with Gasteiger partial charge in [0.05, 0.1) is 22.8 Å². The minimum atomic E-state index is 1.07. The molecule has 0 aliphatic carbocycles. The van der Waals surface area contributed by atoms with Crippen molar-refractivity contribution in [3.05, 3.63) is 22.8 Å². The van der Waals surface area contributed by atoms with E-state index in [1.807, 2.05) is 0 Å². The molecule has 1 heterocycles. The summed E-state index contributed by atoms with van der Waals surface area (Å²) in [6.45, 7) is 8.88. The van der Waals surface area contributed by atoms with E-state index in [0.29, 0.717) is 0 Å². The highest BCUT2D eigenvalue weighted by Crippen LogP contribution is 2.16. The van der Waals surface area contributed by atoms with E-state index in [0.717, 1.165) is 51.4 Å². The molecule has 0 amide bonds. The maximum absolute atomic E-state index is 4.93. The lowest BCUT2D eigenvalue weighted by atomic mass is 10.1. The molecule has 1 aromatic heterocycles. The Bertz CT molecular complexity index is 292. The molecule has 1 aromatic rings. The molecule has 0 spiro atoms. The van der Waals surface area contributed by atoms with Gasteiger partial charge < -0.3 is 0 Å². The second-order valence-corrected chi connectivity index (χ2v) is 5.01. The molecule has 1 rings (SSSR count). The van der Waals surface area contributed by atoms with Gasteiger partial charge in [0, 0.05) is 0 Å². The van der Waals surface area contributed by atoms with Gasteiger partial charge in [0.2, 0.25) is 0 Å². The van der Waals surface area contributed by atoms with Crippen LogP contribution < -0.4 is 0 Å². The first-order valence-electron chi connectivity index (χ1n) is 7.64. The zero-order chi connectivity index (χ0) is 13.4. The molecule has 2 nitrogen and oxygen atoms in total. The van der Waals surface area contributed by atoms with Gasteiger partial charge in [0.25, 0.3) is 0 Å². The van der Waals surface area contributed by atoms with Gasteiger partial charge in [-0.3, -0.25) is 9.97 Å². The predicted molar refractivity (Wildman–Crippen MR) is 78.0 cm³/mol. The summed E-state index contributed by atoms with van der Waals surface area (Å²) in [4.78, 5) is 9.85. The molecule has 0 atom stereocenters. The summed E-state index contributed by atoms with van der Waals surface area (Å²) >= 11 is 0. The van der Waals surface area contributed by atoms with Gasteiger partial charge >= 0.3 is 0 Å². The van der Waals surface area contributed by atoms with E-state index in [9.17, 15) is 0 Å². The highest BCUT2D eigenvalue weighted by Gasteiger charge is 2.11. The van der Waals surface area contributed by atoms with E-state index in [2.05, 4.69) is 27.7 Å². The zero-order valence-electron chi connectivity index (χ0n) is 12.6. The van der Waals surface area contributed by atoms with E-state index in [-0.39, 0.29) is 0 Å². The summed E-state index contributed by atoms with van der Waals surface area (Å²) in [5, 5.41) is 0. The molecule has 0 N–H and O–H groups in total. The molecule has 0 aromatic carbocycles. The summed E-state index contributed by atoms with van der Waals surface area (Å²) in [6, 6.07) is 0. The molecule has 0 unspecified atom stereocenters. The largest absolute Gasteiger partial charge is 0.254 e. The second-order valence-electron chi connectivity index (χ2n) is 5.01. The zero-order valence-corrected chi connectivity index (χ0v) is 12.6. The molecule has 0 aliphatic rings. The van der Waals surface area contributed by atoms with Gasteiger partial charge in [-0.15, -0.1) is 0 Å². The Labute approximate surface area is 112 Å². The van der Waals surface area contributed by atoms with E-state index in [1.165, 1.54) is 22.8 Å². The topological polar surface area (TPSA) is 25.8 Å². The molecule has 18 heavy (non-hydrogen) atoms. The normalized spacial score (nSPS) is 10.9. The molecular weight excluding hydrogens is 220 g/mol.